The number of hydrogen-bond acceptors (Lipinski definition) is 5. The highest BCUT2D eigenvalue weighted by atomic mass is 19.3. The fourth-order valence-electron chi connectivity index (χ4n) is 2.49. The van der Waals surface area contributed by atoms with Crippen molar-refractivity contribution in [2.24, 2.45) is 0 Å². The average molecular weight is 333 g/mol. The molecule has 1 atom stereocenters. The van der Waals surface area contributed by atoms with E-state index in [0.717, 1.165) is 17.1 Å². The fourth-order valence-corrected chi connectivity index (χ4v) is 2.49. The smallest absolute Gasteiger partial charge is 0.324 e. The Morgan fingerprint density at radius 2 is 1.79 bits per heavy atom. The maximum absolute atomic E-state index is 13.0. The number of amides is 2. The first-order valence-corrected chi connectivity index (χ1v) is 7.00. The SMILES string of the molecule is O=C(ON1C(=O)c2ccccc2C1=O)c1cnn(C2CC2(F)F)c1. The Morgan fingerprint density at radius 1 is 1.21 bits per heavy atom. The van der Waals surface area contributed by atoms with Gasteiger partial charge in [-0.05, 0) is 12.1 Å². The average Bonchev–Trinajstić information content (AvgIpc) is 2.92. The summed E-state index contributed by atoms with van der Waals surface area (Å²) >= 11 is 0. The van der Waals surface area contributed by atoms with E-state index in [1.165, 1.54) is 12.1 Å². The molecule has 7 nitrogen and oxygen atoms in total. The number of imide groups is 1. The molecule has 2 heterocycles. The zero-order valence-corrected chi connectivity index (χ0v) is 12.0. The molecular weight excluding hydrogens is 324 g/mol. The molecule has 0 radical (unpaired) electrons. The number of aromatic nitrogens is 2. The third-order valence-electron chi connectivity index (χ3n) is 3.88. The molecule has 24 heavy (non-hydrogen) atoms. The minimum absolute atomic E-state index is 0.128. The van der Waals surface area contributed by atoms with Crippen molar-refractivity contribution >= 4 is 17.8 Å². The zero-order chi connectivity index (χ0) is 17.1. The van der Waals surface area contributed by atoms with Crippen LogP contribution in [0.4, 0.5) is 8.78 Å². The van der Waals surface area contributed by atoms with Crippen LogP contribution in [0, 0.1) is 0 Å². The van der Waals surface area contributed by atoms with Crippen molar-refractivity contribution < 1.29 is 28.0 Å². The standard InChI is InChI=1S/C15H9F2N3O4/c16-15(17)5-11(15)19-7-8(6-18-19)14(23)24-20-12(21)9-3-1-2-4-10(9)13(20)22/h1-4,6-7,11H,5H2. The van der Waals surface area contributed by atoms with Gasteiger partial charge in [0.25, 0.3) is 17.7 Å². The van der Waals surface area contributed by atoms with E-state index in [2.05, 4.69) is 5.10 Å². The second kappa shape index (κ2) is 4.70. The van der Waals surface area contributed by atoms with Crippen LogP contribution >= 0.6 is 0 Å². The van der Waals surface area contributed by atoms with Crippen molar-refractivity contribution in [2.75, 3.05) is 0 Å². The molecule has 2 aromatic rings. The Hall–Kier alpha value is -3.10. The number of hydrogen-bond donors (Lipinski definition) is 0. The second-order valence-corrected chi connectivity index (χ2v) is 5.52. The first kappa shape index (κ1) is 14.5. The van der Waals surface area contributed by atoms with Crippen LogP contribution in [0.5, 0.6) is 0 Å². The molecule has 1 aliphatic heterocycles. The number of nitrogens with zero attached hydrogens (tertiary/aromatic N) is 3. The number of hydroxylamine groups is 2. The molecule has 1 fully saturated rings. The number of rotatable bonds is 3. The number of fused-ring (bicyclic) bond motifs is 1. The van der Waals surface area contributed by atoms with Gasteiger partial charge in [-0.1, -0.05) is 17.2 Å². The zero-order valence-electron chi connectivity index (χ0n) is 12.0. The molecule has 0 saturated heterocycles. The Kier molecular flexibility index (Phi) is 2.84. The van der Waals surface area contributed by atoms with Crippen molar-refractivity contribution in [2.45, 2.75) is 18.4 Å². The number of halogens is 2. The van der Waals surface area contributed by atoms with Crippen LogP contribution in [-0.2, 0) is 4.84 Å². The predicted octanol–water partition coefficient (Wildman–Crippen LogP) is 1.83. The summed E-state index contributed by atoms with van der Waals surface area (Å²) in [6.45, 7) is 0. The number of alkyl halides is 2. The van der Waals surface area contributed by atoms with Crippen LogP contribution in [0.3, 0.4) is 0 Å². The van der Waals surface area contributed by atoms with Crippen LogP contribution in [0.2, 0.25) is 0 Å². The third-order valence-corrected chi connectivity index (χ3v) is 3.88. The molecule has 122 valence electrons. The molecule has 2 amide bonds. The molecule has 0 bridgehead atoms. The lowest BCUT2D eigenvalue weighted by Gasteiger charge is -2.11. The van der Waals surface area contributed by atoms with E-state index in [-0.39, 0.29) is 23.1 Å². The minimum Gasteiger partial charge on any atom is -0.324 e. The minimum atomic E-state index is -2.84. The first-order valence-electron chi connectivity index (χ1n) is 7.00. The molecule has 1 unspecified atom stereocenters. The molecular formula is C15H9F2N3O4. The van der Waals surface area contributed by atoms with E-state index in [4.69, 9.17) is 4.84 Å². The van der Waals surface area contributed by atoms with Crippen LogP contribution < -0.4 is 0 Å². The molecule has 9 heteroatoms. The van der Waals surface area contributed by atoms with Crippen molar-refractivity contribution in [3.63, 3.8) is 0 Å². The lowest BCUT2D eigenvalue weighted by atomic mass is 10.1. The molecule has 0 spiro atoms. The number of carbonyl (C=O) groups excluding carboxylic acids is 3. The Bertz CT molecular complexity index is 857. The molecule has 1 saturated carbocycles. The molecule has 4 rings (SSSR count). The summed E-state index contributed by atoms with van der Waals surface area (Å²) in [5.41, 5.74) is 0.126. The van der Waals surface area contributed by atoms with Gasteiger partial charge in [-0.2, -0.15) is 5.10 Å². The molecule has 1 aromatic heterocycles. The van der Waals surface area contributed by atoms with Gasteiger partial charge in [0.05, 0.1) is 22.9 Å². The maximum Gasteiger partial charge on any atom is 0.367 e. The van der Waals surface area contributed by atoms with E-state index < -0.39 is 29.7 Å². The summed E-state index contributed by atoms with van der Waals surface area (Å²) in [5.74, 6) is -5.38. The first-order chi connectivity index (χ1) is 11.4. The highest BCUT2D eigenvalue weighted by Crippen LogP contribution is 2.52. The molecule has 1 aliphatic carbocycles. The summed E-state index contributed by atoms with van der Waals surface area (Å²) in [7, 11) is 0. The largest absolute Gasteiger partial charge is 0.367 e. The Morgan fingerprint density at radius 3 is 2.33 bits per heavy atom. The van der Waals surface area contributed by atoms with Gasteiger partial charge in [0, 0.05) is 12.6 Å². The van der Waals surface area contributed by atoms with Crippen molar-refractivity contribution in [3.8, 4) is 0 Å². The number of carbonyl (C=O) groups is 3. The summed E-state index contributed by atoms with van der Waals surface area (Å²) in [4.78, 5) is 41.1. The normalized spacial score (nSPS) is 20.9. The topological polar surface area (TPSA) is 81.5 Å². The van der Waals surface area contributed by atoms with Gasteiger partial charge in [-0.3, -0.25) is 14.3 Å². The van der Waals surface area contributed by atoms with Gasteiger partial charge in [0.2, 0.25) is 0 Å². The highest BCUT2D eigenvalue weighted by molar-refractivity contribution is 6.21. The van der Waals surface area contributed by atoms with Crippen LogP contribution in [0.25, 0.3) is 0 Å². The molecule has 0 N–H and O–H groups in total. The van der Waals surface area contributed by atoms with E-state index in [1.807, 2.05) is 0 Å². The number of benzene rings is 1. The fraction of sp³-hybridized carbons (Fsp3) is 0.200. The summed E-state index contributed by atoms with van der Waals surface area (Å²) in [6.07, 6.45) is 1.81. The van der Waals surface area contributed by atoms with Gasteiger partial charge in [-0.25, -0.2) is 13.6 Å². The van der Waals surface area contributed by atoms with Crippen LogP contribution in [-0.4, -0.2) is 38.5 Å². The Labute approximate surface area is 133 Å². The van der Waals surface area contributed by atoms with Gasteiger partial charge in [-0.15, -0.1) is 0 Å². The second-order valence-electron chi connectivity index (χ2n) is 5.52. The Balaban J connectivity index is 1.51. The highest BCUT2D eigenvalue weighted by Gasteiger charge is 2.59. The predicted molar refractivity (Wildman–Crippen MR) is 73.2 cm³/mol. The van der Waals surface area contributed by atoms with Crippen LogP contribution in [0.1, 0.15) is 43.5 Å². The van der Waals surface area contributed by atoms with E-state index in [9.17, 15) is 23.2 Å². The summed E-state index contributed by atoms with van der Waals surface area (Å²) < 4.78 is 27.0. The van der Waals surface area contributed by atoms with Gasteiger partial charge >= 0.3 is 5.97 Å². The lowest BCUT2D eigenvalue weighted by molar-refractivity contribution is -0.0584. The van der Waals surface area contributed by atoms with Crippen molar-refractivity contribution in [1.29, 1.82) is 0 Å². The van der Waals surface area contributed by atoms with Gasteiger partial charge < -0.3 is 4.84 Å². The van der Waals surface area contributed by atoms with Gasteiger partial charge in [0.1, 0.15) is 6.04 Å². The van der Waals surface area contributed by atoms with Crippen molar-refractivity contribution in [3.05, 3.63) is 53.3 Å². The van der Waals surface area contributed by atoms with E-state index in [0.29, 0.717) is 5.06 Å². The quantitative estimate of drug-likeness (QED) is 0.801. The monoisotopic (exact) mass is 333 g/mol. The van der Waals surface area contributed by atoms with E-state index in [1.54, 1.807) is 12.1 Å². The summed E-state index contributed by atoms with van der Waals surface area (Å²) in [6, 6.07) is 4.95. The van der Waals surface area contributed by atoms with Crippen LogP contribution in [0.15, 0.2) is 36.7 Å². The lowest BCUT2D eigenvalue weighted by Crippen LogP contribution is -2.32. The summed E-state index contributed by atoms with van der Waals surface area (Å²) in [5, 5.41) is 4.05. The molecule has 2 aliphatic rings. The maximum atomic E-state index is 13.0. The molecule has 1 aromatic carbocycles. The van der Waals surface area contributed by atoms with Crippen molar-refractivity contribution in [1.82, 2.24) is 14.8 Å². The van der Waals surface area contributed by atoms with E-state index >= 15 is 0 Å². The third kappa shape index (κ3) is 2.08. The van der Waals surface area contributed by atoms with Gasteiger partial charge in [0.15, 0.2) is 0 Å².